The fraction of sp³-hybridized carbons (Fsp3) is 0.778. The van der Waals surface area contributed by atoms with E-state index in [0.29, 0.717) is 0 Å². The smallest absolute Gasteiger partial charge is 0.329 e. The van der Waals surface area contributed by atoms with Crippen LogP contribution < -0.4 is 0 Å². The van der Waals surface area contributed by atoms with Gasteiger partial charge in [0.1, 0.15) is 5.54 Å². The number of aliphatic carboxylic acids is 1. The molecule has 4 heteroatoms. The van der Waals surface area contributed by atoms with E-state index in [4.69, 9.17) is 5.11 Å². The Hall–Kier alpha value is -1.06. The van der Waals surface area contributed by atoms with Crippen molar-refractivity contribution in [2.45, 2.75) is 38.3 Å². The van der Waals surface area contributed by atoms with Gasteiger partial charge in [0.05, 0.1) is 0 Å². The van der Waals surface area contributed by atoms with Gasteiger partial charge in [0.2, 0.25) is 5.91 Å². The summed E-state index contributed by atoms with van der Waals surface area (Å²) in [7, 11) is 0. The zero-order valence-electron chi connectivity index (χ0n) is 7.78. The van der Waals surface area contributed by atoms with Gasteiger partial charge < -0.3 is 10.0 Å². The van der Waals surface area contributed by atoms with Gasteiger partial charge in [0, 0.05) is 12.0 Å². The van der Waals surface area contributed by atoms with E-state index < -0.39 is 11.5 Å². The zero-order chi connectivity index (χ0) is 9.80. The monoisotopic (exact) mass is 183 g/mol. The molecule has 2 saturated heterocycles. The first-order valence-corrected chi connectivity index (χ1v) is 4.51. The molecular weight excluding hydrogens is 170 g/mol. The lowest BCUT2D eigenvalue weighted by Crippen LogP contribution is -2.52. The number of fused-ring (bicyclic) bond motifs is 1. The predicted octanol–water partition coefficient (Wildman–Crippen LogP) is 0.470. The first-order chi connectivity index (χ1) is 5.94. The molecule has 3 rings (SSSR count). The molecule has 1 amide bonds. The molecule has 0 unspecified atom stereocenters. The lowest BCUT2D eigenvalue weighted by atomic mass is 9.85. The van der Waals surface area contributed by atoms with Crippen molar-refractivity contribution < 1.29 is 14.7 Å². The predicted molar refractivity (Wildman–Crippen MR) is 45.1 cm³/mol. The van der Waals surface area contributed by atoms with Crippen LogP contribution >= 0.6 is 0 Å². The summed E-state index contributed by atoms with van der Waals surface area (Å²) in [5, 5.41) is 8.96. The SMILES string of the molecule is CC(C)(C(=O)O)N1C(=O)C2CC1C2. The minimum atomic E-state index is -1.03. The van der Waals surface area contributed by atoms with E-state index in [9.17, 15) is 9.59 Å². The van der Waals surface area contributed by atoms with Crippen molar-refractivity contribution in [1.82, 2.24) is 4.90 Å². The highest BCUT2D eigenvalue weighted by Crippen LogP contribution is 2.45. The molecule has 0 radical (unpaired) electrons. The summed E-state index contributed by atoms with van der Waals surface area (Å²) in [6.45, 7) is 3.18. The van der Waals surface area contributed by atoms with E-state index in [-0.39, 0.29) is 17.9 Å². The van der Waals surface area contributed by atoms with Gasteiger partial charge in [0.25, 0.3) is 0 Å². The Morgan fingerprint density at radius 3 is 2.38 bits per heavy atom. The third kappa shape index (κ3) is 0.913. The van der Waals surface area contributed by atoms with Gasteiger partial charge in [-0.05, 0) is 26.7 Å². The average molecular weight is 183 g/mol. The van der Waals surface area contributed by atoms with Crippen molar-refractivity contribution in [2.24, 2.45) is 5.92 Å². The number of rotatable bonds is 2. The highest BCUT2D eigenvalue weighted by Gasteiger charge is 2.56. The normalized spacial score (nSPS) is 31.8. The summed E-state index contributed by atoms with van der Waals surface area (Å²) in [6, 6.07) is 0.184. The van der Waals surface area contributed by atoms with Crippen molar-refractivity contribution in [3.63, 3.8) is 0 Å². The highest BCUT2D eigenvalue weighted by atomic mass is 16.4. The summed E-state index contributed by atoms with van der Waals surface area (Å²) in [4.78, 5) is 24.0. The van der Waals surface area contributed by atoms with Crippen molar-refractivity contribution in [2.75, 3.05) is 0 Å². The minimum absolute atomic E-state index is 0.0254. The topological polar surface area (TPSA) is 57.6 Å². The van der Waals surface area contributed by atoms with Crippen LogP contribution in [0.25, 0.3) is 0 Å². The molecule has 72 valence electrons. The first kappa shape index (κ1) is 8.53. The second-order valence-electron chi connectivity index (χ2n) is 4.39. The van der Waals surface area contributed by atoms with E-state index >= 15 is 0 Å². The number of amides is 1. The molecule has 0 aromatic carbocycles. The third-order valence-electron chi connectivity index (χ3n) is 3.19. The Kier molecular flexibility index (Phi) is 1.47. The summed E-state index contributed by atoms with van der Waals surface area (Å²) in [6.07, 6.45) is 1.71. The number of carboxylic acid groups (broad SMARTS) is 1. The van der Waals surface area contributed by atoms with Crippen LogP contribution in [0.4, 0.5) is 0 Å². The number of carboxylic acids is 1. The second-order valence-corrected chi connectivity index (χ2v) is 4.39. The molecule has 0 aromatic heterocycles. The molecule has 2 heterocycles. The van der Waals surface area contributed by atoms with Gasteiger partial charge in [0.15, 0.2) is 0 Å². The molecule has 1 N–H and O–H groups in total. The van der Waals surface area contributed by atoms with Crippen LogP contribution in [0.1, 0.15) is 26.7 Å². The summed E-state index contributed by atoms with van der Waals surface area (Å²) in [5.41, 5.74) is -1.03. The number of carbonyl (C=O) groups excluding carboxylic acids is 1. The molecule has 2 bridgehead atoms. The van der Waals surface area contributed by atoms with Crippen molar-refractivity contribution in [3.05, 3.63) is 0 Å². The largest absolute Gasteiger partial charge is 0.480 e. The van der Waals surface area contributed by atoms with Crippen LogP contribution in [0.15, 0.2) is 0 Å². The molecule has 4 nitrogen and oxygen atoms in total. The molecule has 3 aliphatic rings. The summed E-state index contributed by atoms with van der Waals surface area (Å²) in [5.74, 6) is -0.783. The van der Waals surface area contributed by atoms with Crippen LogP contribution in [0.3, 0.4) is 0 Å². The van der Waals surface area contributed by atoms with Crippen LogP contribution in [0.2, 0.25) is 0 Å². The number of hydrogen-bond donors (Lipinski definition) is 1. The number of hydrogen-bond acceptors (Lipinski definition) is 2. The maximum Gasteiger partial charge on any atom is 0.329 e. The van der Waals surface area contributed by atoms with E-state index in [0.717, 1.165) is 12.8 Å². The van der Waals surface area contributed by atoms with E-state index in [1.54, 1.807) is 18.7 Å². The zero-order valence-corrected chi connectivity index (χ0v) is 7.78. The molecule has 0 atom stereocenters. The standard InChI is InChI=1S/C9H13NO3/c1-9(2,8(12)13)10-6-3-5(4-6)7(10)11/h5-6H,3-4H2,1-2H3,(H,12,13). The lowest BCUT2D eigenvalue weighted by molar-refractivity contribution is -0.155. The Morgan fingerprint density at radius 1 is 1.54 bits per heavy atom. The van der Waals surface area contributed by atoms with E-state index in [1.807, 2.05) is 0 Å². The third-order valence-corrected chi connectivity index (χ3v) is 3.19. The maximum atomic E-state index is 11.6. The molecular formula is C9H13NO3. The summed E-state index contributed by atoms with van der Waals surface area (Å²) < 4.78 is 0. The van der Waals surface area contributed by atoms with Gasteiger partial charge in [-0.2, -0.15) is 0 Å². The first-order valence-electron chi connectivity index (χ1n) is 4.51. The van der Waals surface area contributed by atoms with E-state index in [1.165, 1.54) is 0 Å². The van der Waals surface area contributed by atoms with Crippen molar-refractivity contribution >= 4 is 11.9 Å². The van der Waals surface area contributed by atoms with Crippen LogP contribution in [0.5, 0.6) is 0 Å². The fourth-order valence-electron chi connectivity index (χ4n) is 2.21. The van der Waals surface area contributed by atoms with Gasteiger partial charge in [-0.3, -0.25) is 4.79 Å². The molecule has 3 fully saturated rings. The molecule has 1 aliphatic carbocycles. The van der Waals surface area contributed by atoms with Crippen LogP contribution in [-0.2, 0) is 9.59 Å². The van der Waals surface area contributed by atoms with Gasteiger partial charge in [-0.15, -0.1) is 0 Å². The Balaban J connectivity index is 2.26. The highest BCUT2D eigenvalue weighted by molar-refractivity contribution is 5.91. The lowest BCUT2D eigenvalue weighted by Gasteiger charge is -2.35. The van der Waals surface area contributed by atoms with Crippen LogP contribution in [0, 0.1) is 5.92 Å². The van der Waals surface area contributed by atoms with Gasteiger partial charge >= 0.3 is 5.97 Å². The minimum Gasteiger partial charge on any atom is -0.480 e. The molecule has 0 spiro atoms. The second kappa shape index (κ2) is 2.25. The molecule has 2 aliphatic heterocycles. The maximum absolute atomic E-state index is 11.6. The number of carbonyl (C=O) groups is 2. The van der Waals surface area contributed by atoms with E-state index in [2.05, 4.69) is 0 Å². The van der Waals surface area contributed by atoms with Crippen LogP contribution in [-0.4, -0.2) is 33.5 Å². The van der Waals surface area contributed by atoms with Crippen molar-refractivity contribution in [1.29, 1.82) is 0 Å². The fourth-order valence-corrected chi connectivity index (χ4v) is 2.21. The quantitative estimate of drug-likeness (QED) is 0.677. The Morgan fingerprint density at radius 2 is 2.08 bits per heavy atom. The molecule has 0 aromatic rings. The Bertz CT molecular complexity index is 279. The number of nitrogens with zero attached hydrogens (tertiary/aromatic N) is 1. The molecule has 1 saturated carbocycles. The average Bonchev–Trinajstić information content (AvgIpc) is 2.37. The van der Waals surface area contributed by atoms with Gasteiger partial charge in [-0.1, -0.05) is 0 Å². The van der Waals surface area contributed by atoms with Gasteiger partial charge in [-0.25, -0.2) is 4.79 Å². The van der Waals surface area contributed by atoms with Crippen molar-refractivity contribution in [3.8, 4) is 0 Å². The summed E-state index contributed by atoms with van der Waals surface area (Å²) >= 11 is 0. The Labute approximate surface area is 76.5 Å². The molecule has 13 heavy (non-hydrogen) atoms.